The van der Waals surface area contributed by atoms with Crippen molar-refractivity contribution in [2.75, 3.05) is 6.61 Å². The second-order valence-corrected chi connectivity index (χ2v) is 5.69. The number of non-ortho nitro benzene ring substituents is 1. The van der Waals surface area contributed by atoms with E-state index in [9.17, 15) is 14.9 Å². The van der Waals surface area contributed by atoms with Gasteiger partial charge in [-0.2, -0.15) is 5.10 Å². The van der Waals surface area contributed by atoms with Gasteiger partial charge in [0.25, 0.3) is 11.6 Å². The van der Waals surface area contributed by atoms with Crippen LogP contribution in [0.4, 0.5) is 5.69 Å². The third kappa shape index (κ3) is 5.17. The van der Waals surface area contributed by atoms with Gasteiger partial charge >= 0.3 is 0 Å². The van der Waals surface area contributed by atoms with E-state index in [1.807, 2.05) is 24.3 Å². The molecule has 0 unspecified atom stereocenters. The lowest BCUT2D eigenvalue weighted by molar-refractivity contribution is -0.384. The van der Waals surface area contributed by atoms with Gasteiger partial charge in [-0.15, -0.1) is 0 Å². The molecule has 0 aliphatic rings. The summed E-state index contributed by atoms with van der Waals surface area (Å²) < 4.78 is 6.20. The lowest BCUT2D eigenvalue weighted by Crippen LogP contribution is -2.25. The van der Waals surface area contributed by atoms with E-state index in [2.05, 4.69) is 26.5 Å². The zero-order valence-electron chi connectivity index (χ0n) is 12.7. The quantitative estimate of drug-likeness (QED) is 0.464. The minimum absolute atomic E-state index is 0.0403. The first-order valence-corrected chi connectivity index (χ1v) is 7.71. The maximum absolute atomic E-state index is 11.7. The Labute approximate surface area is 146 Å². The summed E-state index contributed by atoms with van der Waals surface area (Å²) in [6.45, 7) is 1.54. The molecule has 2 aromatic carbocycles. The fraction of sp³-hybridized carbons (Fsp3) is 0.125. The molecule has 7 nitrogen and oxygen atoms in total. The minimum atomic E-state index is -0.504. The molecule has 0 radical (unpaired) electrons. The predicted molar refractivity (Wildman–Crippen MR) is 93.1 cm³/mol. The zero-order chi connectivity index (χ0) is 17.5. The van der Waals surface area contributed by atoms with Gasteiger partial charge < -0.3 is 4.74 Å². The molecule has 2 rings (SSSR count). The van der Waals surface area contributed by atoms with Gasteiger partial charge in [-0.3, -0.25) is 14.9 Å². The number of halogens is 1. The fourth-order valence-corrected chi connectivity index (χ4v) is 2.01. The van der Waals surface area contributed by atoms with E-state index in [-0.39, 0.29) is 12.3 Å². The molecule has 1 N–H and O–H groups in total. The standard InChI is InChI=1S/C16H14BrN3O4/c1-11(12-2-4-13(17)5-3-12)18-19-16(21)10-24-15-8-6-14(7-9-15)20(22)23/h2-9H,10H2,1H3,(H,19,21)/b18-11+. The zero-order valence-corrected chi connectivity index (χ0v) is 14.3. The SMILES string of the molecule is C/C(=N\NC(=O)COc1ccc([N+](=O)[O-])cc1)c1ccc(Br)cc1. The molecule has 0 saturated heterocycles. The number of carbonyl (C=O) groups excluding carboxylic acids is 1. The monoisotopic (exact) mass is 391 g/mol. The summed E-state index contributed by atoms with van der Waals surface area (Å²) in [5.74, 6) is -0.0609. The molecule has 0 aliphatic carbocycles. The summed E-state index contributed by atoms with van der Waals surface area (Å²) >= 11 is 3.35. The van der Waals surface area contributed by atoms with E-state index in [0.717, 1.165) is 10.0 Å². The average molecular weight is 392 g/mol. The van der Waals surface area contributed by atoms with Crippen LogP contribution in [0.1, 0.15) is 12.5 Å². The van der Waals surface area contributed by atoms with Gasteiger partial charge in [0.15, 0.2) is 6.61 Å². The second-order valence-electron chi connectivity index (χ2n) is 4.78. The molecule has 0 aromatic heterocycles. The third-order valence-electron chi connectivity index (χ3n) is 3.03. The van der Waals surface area contributed by atoms with Crippen LogP contribution in [-0.4, -0.2) is 23.1 Å². The molecule has 0 spiro atoms. The van der Waals surface area contributed by atoms with Crippen molar-refractivity contribution >= 4 is 33.2 Å². The topological polar surface area (TPSA) is 93.8 Å². The number of carbonyl (C=O) groups is 1. The molecule has 0 bridgehead atoms. The van der Waals surface area contributed by atoms with Crippen LogP contribution in [0.25, 0.3) is 0 Å². The molecule has 0 atom stereocenters. The lowest BCUT2D eigenvalue weighted by Gasteiger charge is -2.06. The molecule has 0 fully saturated rings. The Morgan fingerprint density at radius 1 is 1.21 bits per heavy atom. The van der Waals surface area contributed by atoms with Crippen molar-refractivity contribution in [3.8, 4) is 5.75 Å². The van der Waals surface area contributed by atoms with Crippen LogP contribution in [0.2, 0.25) is 0 Å². The van der Waals surface area contributed by atoms with Gasteiger partial charge in [-0.25, -0.2) is 5.43 Å². The number of nitro benzene ring substituents is 1. The number of rotatable bonds is 6. The molecular formula is C16H14BrN3O4. The Hall–Kier alpha value is -2.74. The summed E-state index contributed by atoms with van der Waals surface area (Å²) in [6.07, 6.45) is 0. The van der Waals surface area contributed by atoms with Crippen LogP contribution in [0.3, 0.4) is 0 Å². The first-order valence-electron chi connectivity index (χ1n) is 6.92. The second kappa shape index (κ2) is 8.21. The number of amides is 1. The van der Waals surface area contributed by atoms with E-state index in [4.69, 9.17) is 4.74 Å². The van der Waals surface area contributed by atoms with Gasteiger partial charge in [0.2, 0.25) is 0 Å². The Morgan fingerprint density at radius 2 is 1.83 bits per heavy atom. The highest BCUT2D eigenvalue weighted by molar-refractivity contribution is 9.10. The fourth-order valence-electron chi connectivity index (χ4n) is 1.75. The Morgan fingerprint density at radius 3 is 2.42 bits per heavy atom. The van der Waals surface area contributed by atoms with Gasteiger partial charge in [0.1, 0.15) is 5.75 Å². The van der Waals surface area contributed by atoms with Gasteiger partial charge in [-0.05, 0) is 36.8 Å². The van der Waals surface area contributed by atoms with Crippen molar-refractivity contribution < 1.29 is 14.5 Å². The van der Waals surface area contributed by atoms with Crippen LogP contribution in [0.15, 0.2) is 58.1 Å². The van der Waals surface area contributed by atoms with E-state index in [1.54, 1.807) is 6.92 Å². The number of hydrogen-bond donors (Lipinski definition) is 1. The van der Waals surface area contributed by atoms with E-state index < -0.39 is 10.8 Å². The van der Waals surface area contributed by atoms with Gasteiger partial charge in [0, 0.05) is 16.6 Å². The number of hydrazone groups is 1. The lowest BCUT2D eigenvalue weighted by atomic mass is 10.1. The van der Waals surface area contributed by atoms with Crippen LogP contribution < -0.4 is 10.2 Å². The van der Waals surface area contributed by atoms with Crippen molar-refractivity contribution in [1.82, 2.24) is 5.43 Å². The van der Waals surface area contributed by atoms with E-state index in [1.165, 1.54) is 24.3 Å². The summed E-state index contributed by atoms with van der Waals surface area (Å²) in [5, 5.41) is 14.6. The van der Waals surface area contributed by atoms with Crippen molar-refractivity contribution in [3.63, 3.8) is 0 Å². The highest BCUT2D eigenvalue weighted by atomic mass is 79.9. The number of nitrogens with one attached hydrogen (secondary N) is 1. The van der Waals surface area contributed by atoms with Crippen LogP contribution in [0.5, 0.6) is 5.75 Å². The smallest absolute Gasteiger partial charge is 0.277 e. The summed E-state index contributed by atoms with van der Waals surface area (Å²) in [4.78, 5) is 21.8. The molecule has 0 aliphatic heterocycles. The first-order chi connectivity index (χ1) is 11.5. The molecule has 2 aromatic rings. The van der Waals surface area contributed by atoms with Crippen molar-refractivity contribution in [2.24, 2.45) is 5.10 Å². The number of ether oxygens (including phenoxy) is 1. The van der Waals surface area contributed by atoms with E-state index >= 15 is 0 Å². The Bertz CT molecular complexity index is 758. The van der Waals surface area contributed by atoms with Gasteiger partial charge in [-0.1, -0.05) is 28.1 Å². The summed E-state index contributed by atoms with van der Waals surface area (Å²) in [7, 11) is 0. The highest BCUT2D eigenvalue weighted by Gasteiger charge is 2.06. The molecular weight excluding hydrogens is 378 g/mol. The van der Waals surface area contributed by atoms with Crippen molar-refractivity contribution in [2.45, 2.75) is 6.92 Å². The normalized spacial score (nSPS) is 11.0. The summed E-state index contributed by atoms with van der Waals surface area (Å²) in [6, 6.07) is 13.0. The number of benzene rings is 2. The molecule has 24 heavy (non-hydrogen) atoms. The Balaban J connectivity index is 1.85. The molecule has 124 valence electrons. The van der Waals surface area contributed by atoms with Gasteiger partial charge in [0.05, 0.1) is 10.6 Å². The predicted octanol–water partition coefficient (Wildman–Crippen LogP) is 3.28. The molecule has 1 amide bonds. The van der Waals surface area contributed by atoms with Crippen LogP contribution in [0, 0.1) is 10.1 Å². The molecule has 8 heteroatoms. The van der Waals surface area contributed by atoms with Crippen molar-refractivity contribution in [1.29, 1.82) is 0 Å². The first kappa shape index (κ1) is 17.6. The average Bonchev–Trinajstić information content (AvgIpc) is 2.58. The van der Waals surface area contributed by atoms with Crippen LogP contribution in [-0.2, 0) is 4.79 Å². The summed E-state index contributed by atoms with van der Waals surface area (Å²) in [5.41, 5.74) is 3.90. The molecule has 0 saturated carbocycles. The van der Waals surface area contributed by atoms with Crippen molar-refractivity contribution in [3.05, 3.63) is 68.7 Å². The minimum Gasteiger partial charge on any atom is -0.484 e. The van der Waals surface area contributed by atoms with E-state index in [0.29, 0.717) is 11.5 Å². The maximum Gasteiger partial charge on any atom is 0.277 e. The third-order valence-corrected chi connectivity index (χ3v) is 3.56. The number of nitro groups is 1. The largest absolute Gasteiger partial charge is 0.484 e. The number of nitrogens with zero attached hydrogens (tertiary/aromatic N) is 2. The molecule has 0 heterocycles. The number of hydrogen-bond acceptors (Lipinski definition) is 5. The Kier molecular flexibility index (Phi) is 6.02. The van der Waals surface area contributed by atoms with Crippen LogP contribution >= 0.6 is 15.9 Å². The highest BCUT2D eigenvalue weighted by Crippen LogP contribution is 2.17. The maximum atomic E-state index is 11.7.